The molecule has 0 aliphatic carbocycles. The van der Waals surface area contributed by atoms with Crippen molar-refractivity contribution < 1.29 is 4.74 Å². The zero-order chi connectivity index (χ0) is 10.5. The van der Waals surface area contributed by atoms with Crippen LogP contribution in [-0.4, -0.2) is 49.8 Å². The number of nitrogens with zero attached hydrogens (tertiary/aromatic N) is 1. The van der Waals surface area contributed by atoms with E-state index in [0.29, 0.717) is 12.1 Å². The van der Waals surface area contributed by atoms with Crippen molar-refractivity contribution >= 4 is 0 Å². The molecule has 2 rings (SSSR count). The van der Waals surface area contributed by atoms with Crippen molar-refractivity contribution in [1.29, 1.82) is 0 Å². The quantitative estimate of drug-likeness (QED) is 0.759. The van der Waals surface area contributed by atoms with E-state index in [2.05, 4.69) is 17.1 Å². The van der Waals surface area contributed by atoms with Gasteiger partial charge in [0, 0.05) is 25.7 Å². The summed E-state index contributed by atoms with van der Waals surface area (Å²) in [5.41, 5.74) is 0. The lowest BCUT2D eigenvalue weighted by molar-refractivity contribution is 0.112. The topological polar surface area (TPSA) is 24.5 Å². The minimum atomic E-state index is 0.409. The molecule has 15 heavy (non-hydrogen) atoms. The molecule has 1 N–H and O–H groups in total. The zero-order valence-electron chi connectivity index (χ0n) is 9.87. The maximum absolute atomic E-state index is 5.53. The molecule has 2 saturated heterocycles. The Balaban J connectivity index is 1.57. The predicted octanol–water partition coefficient (Wildman–Crippen LogP) is 1.24. The van der Waals surface area contributed by atoms with E-state index in [4.69, 9.17) is 4.74 Å². The van der Waals surface area contributed by atoms with Crippen LogP contribution >= 0.6 is 0 Å². The summed E-state index contributed by atoms with van der Waals surface area (Å²) in [6.07, 6.45) is 5.80. The Labute approximate surface area is 93.2 Å². The van der Waals surface area contributed by atoms with Crippen molar-refractivity contribution in [2.45, 2.75) is 44.8 Å². The van der Waals surface area contributed by atoms with Gasteiger partial charge in [0.05, 0.1) is 6.10 Å². The molecule has 0 spiro atoms. The van der Waals surface area contributed by atoms with Crippen LogP contribution in [0.3, 0.4) is 0 Å². The van der Waals surface area contributed by atoms with Gasteiger partial charge < -0.3 is 15.0 Å². The number of hydrogen-bond acceptors (Lipinski definition) is 3. The summed E-state index contributed by atoms with van der Waals surface area (Å²) in [6, 6.07) is 0.592. The molecule has 3 heteroatoms. The number of rotatable bonds is 4. The Kier molecular flexibility index (Phi) is 4.42. The smallest absolute Gasteiger partial charge is 0.0700 e. The number of piperidine rings is 1. The van der Waals surface area contributed by atoms with Crippen LogP contribution < -0.4 is 5.32 Å². The molecular weight excluding hydrogens is 188 g/mol. The fraction of sp³-hybridized carbons (Fsp3) is 1.00. The van der Waals surface area contributed by atoms with Gasteiger partial charge in [0.15, 0.2) is 0 Å². The molecule has 3 nitrogen and oxygen atoms in total. The van der Waals surface area contributed by atoms with Crippen LogP contribution in [0.5, 0.6) is 0 Å². The zero-order valence-corrected chi connectivity index (χ0v) is 9.87. The van der Waals surface area contributed by atoms with Gasteiger partial charge in [-0.1, -0.05) is 6.42 Å². The van der Waals surface area contributed by atoms with Gasteiger partial charge in [-0.3, -0.25) is 0 Å². The number of nitrogens with one attached hydrogen (secondary N) is 1. The first kappa shape index (κ1) is 11.4. The summed E-state index contributed by atoms with van der Waals surface area (Å²) in [7, 11) is 0. The van der Waals surface area contributed by atoms with E-state index >= 15 is 0 Å². The number of hydrogen-bond donors (Lipinski definition) is 1. The molecule has 0 aromatic carbocycles. The molecule has 0 bridgehead atoms. The van der Waals surface area contributed by atoms with Gasteiger partial charge in [-0.2, -0.15) is 0 Å². The standard InChI is InChI=1S/C12H24N2O/c1-11-12(5-10-15-11)13-6-9-14-7-3-2-4-8-14/h11-13H,2-10H2,1H3/t11-,12+/m1/s1. The lowest BCUT2D eigenvalue weighted by Gasteiger charge is -2.27. The Hall–Kier alpha value is -0.120. The van der Waals surface area contributed by atoms with Crippen LogP contribution in [0.15, 0.2) is 0 Å². The fourth-order valence-electron chi connectivity index (χ4n) is 2.59. The molecule has 2 atom stereocenters. The van der Waals surface area contributed by atoms with Crippen LogP contribution in [0.4, 0.5) is 0 Å². The summed E-state index contributed by atoms with van der Waals surface area (Å²) in [5, 5.41) is 3.61. The first-order valence-electron chi connectivity index (χ1n) is 6.43. The molecule has 2 aliphatic heterocycles. The van der Waals surface area contributed by atoms with E-state index in [1.54, 1.807) is 0 Å². The predicted molar refractivity (Wildman–Crippen MR) is 62.1 cm³/mol. The molecular formula is C12H24N2O. The van der Waals surface area contributed by atoms with Crippen LogP contribution in [0, 0.1) is 0 Å². The van der Waals surface area contributed by atoms with E-state index in [9.17, 15) is 0 Å². The van der Waals surface area contributed by atoms with E-state index in [1.807, 2.05) is 0 Å². The van der Waals surface area contributed by atoms with Gasteiger partial charge in [0.1, 0.15) is 0 Å². The molecule has 0 saturated carbocycles. The molecule has 88 valence electrons. The molecule has 0 aromatic heterocycles. The lowest BCUT2D eigenvalue weighted by Crippen LogP contribution is -2.41. The summed E-state index contributed by atoms with van der Waals surface area (Å²) in [5.74, 6) is 0. The molecule has 2 aliphatic rings. The highest BCUT2D eigenvalue weighted by atomic mass is 16.5. The molecule has 0 radical (unpaired) electrons. The van der Waals surface area contributed by atoms with Crippen LogP contribution in [0.1, 0.15) is 32.6 Å². The van der Waals surface area contributed by atoms with Crippen molar-refractivity contribution in [3.8, 4) is 0 Å². The van der Waals surface area contributed by atoms with Crippen molar-refractivity contribution in [1.82, 2.24) is 10.2 Å². The van der Waals surface area contributed by atoms with Crippen molar-refractivity contribution in [2.75, 3.05) is 32.8 Å². The SMILES string of the molecule is C[C@H]1OCC[C@@H]1NCCN1CCCCC1. The molecule has 2 fully saturated rings. The lowest BCUT2D eigenvalue weighted by atomic mass is 10.1. The molecule has 2 heterocycles. The first-order valence-corrected chi connectivity index (χ1v) is 6.43. The van der Waals surface area contributed by atoms with E-state index in [1.165, 1.54) is 45.3 Å². The average molecular weight is 212 g/mol. The van der Waals surface area contributed by atoms with Crippen molar-refractivity contribution in [2.24, 2.45) is 0 Å². The van der Waals surface area contributed by atoms with Gasteiger partial charge in [0.25, 0.3) is 0 Å². The average Bonchev–Trinajstić information content (AvgIpc) is 2.66. The van der Waals surface area contributed by atoms with Crippen LogP contribution in [0.25, 0.3) is 0 Å². The van der Waals surface area contributed by atoms with Gasteiger partial charge >= 0.3 is 0 Å². The minimum Gasteiger partial charge on any atom is -0.377 e. The van der Waals surface area contributed by atoms with E-state index in [0.717, 1.165) is 13.2 Å². The minimum absolute atomic E-state index is 0.409. The van der Waals surface area contributed by atoms with Gasteiger partial charge in [0.2, 0.25) is 0 Å². The van der Waals surface area contributed by atoms with Crippen LogP contribution in [-0.2, 0) is 4.74 Å². The maximum Gasteiger partial charge on any atom is 0.0700 e. The third-order valence-corrected chi connectivity index (χ3v) is 3.66. The third kappa shape index (κ3) is 3.44. The molecule has 0 aromatic rings. The Morgan fingerprint density at radius 2 is 2.07 bits per heavy atom. The first-order chi connectivity index (χ1) is 7.36. The summed E-state index contributed by atoms with van der Waals surface area (Å²) >= 11 is 0. The summed E-state index contributed by atoms with van der Waals surface area (Å²) < 4.78 is 5.53. The monoisotopic (exact) mass is 212 g/mol. The van der Waals surface area contributed by atoms with E-state index < -0.39 is 0 Å². The highest BCUT2D eigenvalue weighted by Gasteiger charge is 2.23. The number of likely N-dealkylation sites (tertiary alicyclic amines) is 1. The van der Waals surface area contributed by atoms with Gasteiger partial charge in [-0.05, 0) is 39.3 Å². The summed E-state index contributed by atoms with van der Waals surface area (Å²) in [6.45, 7) is 8.05. The van der Waals surface area contributed by atoms with Crippen molar-refractivity contribution in [3.05, 3.63) is 0 Å². The normalized spacial score (nSPS) is 33.4. The Morgan fingerprint density at radius 1 is 1.27 bits per heavy atom. The van der Waals surface area contributed by atoms with Crippen LogP contribution in [0.2, 0.25) is 0 Å². The van der Waals surface area contributed by atoms with Gasteiger partial charge in [-0.25, -0.2) is 0 Å². The Morgan fingerprint density at radius 3 is 2.73 bits per heavy atom. The third-order valence-electron chi connectivity index (χ3n) is 3.66. The second kappa shape index (κ2) is 5.83. The molecule has 0 unspecified atom stereocenters. The second-order valence-electron chi connectivity index (χ2n) is 4.83. The molecule has 0 amide bonds. The van der Waals surface area contributed by atoms with E-state index in [-0.39, 0.29) is 0 Å². The highest BCUT2D eigenvalue weighted by Crippen LogP contribution is 2.12. The maximum atomic E-state index is 5.53. The highest BCUT2D eigenvalue weighted by molar-refractivity contribution is 4.79. The largest absolute Gasteiger partial charge is 0.377 e. The fourth-order valence-corrected chi connectivity index (χ4v) is 2.59. The van der Waals surface area contributed by atoms with Gasteiger partial charge in [-0.15, -0.1) is 0 Å². The summed E-state index contributed by atoms with van der Waals surface area (Å²) in [4.78, 5) is 2.58. The number of ether oxygens (including phenoxy) is 1. The second-order valence-corrected chi connectivity index (χ2v) is 4.83. The Bertz CT molecular complexity index is 180. The van der Waals surface area contributed by atoms with Crippen molar-refractivity contribution in [3.63, 3.8) is 0 Å².